The summed E-state index contributed by atoms with van der Waals surface area (Å²) in [5.41, 5.74) is 5.21. The summed E-state index contributed by atoms with van der Waals surface area (Å²) in [6, 6.07) is -1.63. The number of aliphatic hydroxyl groups is 1. The minimum absolute atomic E-state index is 0.0142. The molecule has 0 saturated carbocycles. The number of amides is 2. The van der Waals surface area contributed by atoms with Gasteiger partial charge >= 0.3 is 12.0 Å². The van der Waals surface area contributed by atoms with Crippen LogP contribution in [-0.4, -0.2) is 48.0 Å². The SMILES string of the molecule is NCCCNC(=O)N[C@H](CCO)C(=O)O. The molecule has 7 nitrogen and oxygen atoms in total. The molecule has 0 spiro atoms. The number of carboxylic acids is 1. The van der Waals surface area contributed by atoms with Gasteiger partial charge in [0.05, 0.1) is 0 Å². The molecule has 2 amide bonds. The van der Waals surface area contributed by atoms with Gasteiger partial charge in [0.15, 0.2) is 0 Å². The maximum atomic E-state index is 11.1. The molecule has 15 heavy (non-hydrogen) atoms. The number of carbonyl (C=O) groups is 2. The summed E-state index contributed by atoms with van der Waals surface area (Å²) >= 11 is 0. The first-order valence-corrected chi connectivity index (χ1v) is 4.70. The van der Waals surface area contributed by atoms with E-state index in [1.54, 1.807) is 0 Å². The number of aliphatic hydroxyl groups excluding tert-OH is 1. The molecule has 7 heteroatoms. The summed E-state index contributed by atoms with van der Waals surface area (Å²) in [6.07, 6.45) is 0.616. The van der Waals surface area contributed by atoms with Crippen LogP contribution in [0.15, 0.2) is 0 Å². The summed E-state index contributed by atoms with van der Waals surface area (Å²) in [5.74, 6) is -1.17. The first kappa shape index (κ1) is 13.7. The lowest BCUT2D eigenvalue weighted by Gasteiger charge is -2.13. The van der Waals surface area contributed by atoms with Crippen molar-refractivity contribution >= 4 is 12.0 Å². The van der Waals surface area contributed by atoms with Crippen LogP contribution in [0, 0.1) is 0 Å². The second kappa shape index (κ2) is 8.01. The maximum Gasteiger partial charge on any atom is 0.326 e. The Kier molecular flexibility index (Phi) is 7.29. The molecular weight excluding hydrogens is 202 g/mol. The Morgan fingerprint density at radius 2 is 2.07 bits per heavy atom. The van der Waals surface area contributed by atoms with Gasteiger partial charge in [-0.25, -0.2) is 9.59 Å². The average molecular weight is 219 g/mol. The van der Waals surface area contributed by atoms with Gasteiger partial charge < -0.3 is 26.6 Å². The molecule has 0 rings (SSSR count). The van der Waals surface area contributed by atoms with Gasteiger partial charge in [-0.15, -0.1) is 0 Å². The van der Waals surface area contributed by atoms with Gasteiger partial charge in [-0.3, -0.25) is 0 Å². The summed E-state index contributed by atoms with van der Waals surface area (Å²) in [5, 5.41) is 21.9. The van der Waals surface area contributed by atoms with E-state index in [4.69, 9.17) is 15.9 Å². The molecule has 0 heterocycles. The van der Waals surface area contributed by atoms with Crippen LogP contribution < -0.4 is 16.4 Å². The molecule has 0 aliphatic rings. The number of nitrogens with one attached hydrogen (secondary N) is 2. The number of hydrogen-bond donors (Lipinski definition) is 5. The topological polar surface area (TPSA) is 125 Å². The quantitative estimate of drug-likeness (QED) is 0.332. The molecule has 6 N–H and O–H groups in total. The normalized spacial score (nSPS) is 11.9. The van der Waals surface area contributed by atoms with Crippen LogP contribution in [0.2, 0.25) is 0 Å². The minimum Gasteiger partial charge on any atom is -0.480 e. The zero-order valence-corrected chi connectivity index (χ0v) is 8.40. The number of nitrogens with two attached hydrogens (primary N) is 1. The van der Waals surface area contributed by atoms with Crippen LogP contribution >= 0.6 is 0 Å². The number of urea groups is 1. The van der Waals surface area contributed by atoms with Gasteiger partial charge in [-0.2, -0.15) is 0 Å². The molecule has 0 aliphatic heterocycles. The molecule has 0 bridgehead atoms. The number of carbonyl (C=O) groups excluding carboxylic acids is 1. The maximum absolute atomic E-state index is 11.1. The van der Waals surface area contributed by atoms with E-state index < -0.39 is 18.0 Å². The first-order chi connectivity index (χ1) is 7.11. The van der Waals surface area contributed by atoms with Gasteiger partial charge in [-0.05, 0) is 13.0 Å². The zero-order chi connectivity index (χ0) is 11.7. The van der Waals surface area contributed by atoms with Crippen LogP contribution in [0.25, 0.3) is 0 Å². The van der Waals surface area contributed by atoms with Crippen LogP contribution in [-0.2, 0) is 4.79 Å². The van der Waals surface area contributed by atoms with Crippen LogP contribution in [0.1, 0.15) is 12.8 Å². The minimum atomic E-state index is -1.17. The van der Waals surface area contributed by atoms with Crippen molar-refractivity contribution in [2.75, 3.05) is 19.7 Å². The first-order valence-electron chi connectivity index (χ1n) is 4.70. The lowest BCUT2D eigenvalue weighted by atomic mass is 10.2. The highest BCUT2D eigenvalue weighted by atomic mass is 16.4. The monoisotopic (exact) mass is 219 g/mol. The van der Waals surface area contributed by atoms with Crippen molar-refractivity contribution in [3.05, 3.63) is 0 Å². The third-order valence-electron chi connectivity index (χ3n) is 1.69. The van der Waals surface area contributed by atoms with Gasteiger partial charge in [0.1, 0.15) is 6.04 Å². The van der Waals surface area contributed by atoms with E-state index in [-0.39, 0.29) is 13.0 Å². The van der Waals surface area contributed by atoms with E-state index in [9.17, 15) is 9.59 Å². The third-order valence-corrected chi connectivity index (χ3v) is 1.69. The summed E-state index contributed by atoms with van der Waals surface area (Å²) in [6.45, 7) is 0.563. The lowest BCUT2D eigenvalue weighted by Crippen LogP contribution is -2.46. The molecule has 0 fully saturated rings. The second-order valence-electron chi connectivity index (χ2n) is 2.95. The third kappa shape index (κ3) is 6.69. The molecule has 0 saturated heterocycles. The Hall–Kier alpha value is -1.34. The van der Waals surface area contributed by atoms with Crippen molar-refractivity contribution in [3.8, 4) is 0 Å². The highest BCUT2D eigenvalue weighted by Crippen LogP contribution is 1.90. The number of carboxylic acid groups (broad SMARTS) is 1. The number of aliphatic carboxylic acids is 1. The van der Waals surface area contributed by atoms with Gasteiger partial charge in [0.2, 0.25) is 0 Å². The fraction of sp³-hybridized carbons (Fsp3) is 0.750. The van der Waals surface area contributed by atoms with E-state index in [2.05, 4.69) is 10.6 Å². The summed E-state index contributed by atoms with van der Waals surface area (Å²) < 4.78 is 0. The van der Waals surface area contributed by atoms with E-state index in [0.29, 0.717) is 19.5 Å². The standard InChI is InChI=1S/C8H17N3O4/c9-3-1-4-10-8(15)11-6(2-5-12)7(13)14/h6,12H,1-5,9H2,(H,13,14)(H2,10,11,15)/t6-/m1/s1. The lowest BCUT2D eigenvalue weighted by molar-refractivity contribution is -0.139. The van der Waals surface area contributed by atoms with Crippen LogP contribution in [0.3, 0.4) is 0 Å². The van der Waals surface area contributed by atoms with E-state index >= 15 is 0 Å². The highest BCUT2D eigenvalue weighted by Gasteiger charge is 2.18. The molecule has 1 atom stereocenters. The van der Waals surface area contributed by atoms with E-state index in [1.807, 2.05) is 0 Å². The fourth-order valence-electron chi connectivity index (χ4n) is 0.900. The van der Waals surface area contributed by atoms with Gasteiger partial charge in [-0.1, -0.05) is 0 Å². The zero-order valence-electron chi connectivity index (χ0n) is 8.40. The predicted octanol–water partition coefficient (Wildman–Crippen LogP) is -1.53. The fourth-order valence-corrected chi connectivity index (χ4v) is 0.900. The molecule has 0 aromatic rings. The highest BCUT2D eigenvalue weighted by molar-refractivity contribution is 5.82. The molecular formula is C8H17N3O4. The second-order valence-corrected chi connectivity index (χ2v) is 2.95. The molecule has 0 radical (unpaired) electrons. The smallest absolute Gasteiger partial charge is 0.326 e. The molecule has 0 unspecified atom stereocenters. The molecule has 0 aromatic carbocycles. The van der Waals surface area contributed by atoms with Crippen molar-refractivity contribution < 1.29 is 19.8 Å². The molecule has 0 aromatic heterocycles. The Morgan fingerprint density at radius 1 is 1.40 bits per heavy atom. The Morgan fingerprint density at radius 3 is 2.53 bits per heavy atom. The van der Waals surface area contributed by atoms with E-state index in [1.165, 1.54) is 0 Å². The van der Waals surface area contributed by atoms with Crippen molar-refractivity contribution in [1.82, 2.24) is 10.6 Å². The van der Waals surface area contributed by atoms with Crippen LogP contribution in [0.5, 0.6) is 0 Å². The Bertz CT molecular complexity index is 210. The van der Waals surface area contributed by atoms with Crippen molar-refractivity contribution in [1.29, 1.82) is 0 Å². The van der Waals surface area contributed by atoms with Gasteiger partial charge in [0.25, 0.3) is 0 Å². The van der Waals surface area contributed by atoms with E-state index in [0.717, 1.165) is 0 Å². The molecule has 88 valence electrons. The average Bonchev–Trinajstić information content (AvgIpc) is 2.17. The van der Waals surface area contributed by atoms with Crippen molar-refractivity contribution in [2.24, 2.45) is 5.73 Å². The summed E-state index contributed by atoms with van der Waals surface area (Å²) in [4.78, 5) is 21.7. The number of rotatable bonds is 7. The molecule has 0 aliphatic carbocycles. The van der Waals surface area contributed by atoms with Crippen molar-refractivity contribution in [2.45, 2.75) is 18.9 Å². The predicted molar refractivity (Wildman–Crippen MR) is 53.3 cm³/mol. The Balaban J connectivity index is 3.84. The van der Waals surface area contributed by atoms with Gasteiger partial charge in [0, 0.05) is 19.6 Å². The van der Waals surface area contributed by atoms with Crippen LogP contribution in [0.4, 0.5) is 4.79 Å². The van der Waals surface area contributed by atoms with Crippen molar-refractivity contribution in [3.63, 3.8) is 0 Å². The summed E-state index contributed by atoms with van der Waals surface area (Å²) in [7, 11) is 0. The Labute approximate surface area is 87.6 Å². The number of hydrogen-bond acceptors (Lipinski definition) is 4. The largest absolute Gasteiger partial charge is 0.480 e.